The molecule has 0 fully saturated rings. The molecule has 4 nitrogen and oxygen atoms in total. The van der Waals surface area contributed by atoms with Gasteiger partial charge in [0.25, 0.3) is 0 Å². The van der Waals surface area contributed by atoms with Crippen LogP contribution in [0.4, 0.5) is 0 Å². The van der Waals surface area contributed by atoms with E-state index in [-0.39, 0.29) is 24.1 Å². The van der Waals surface area contributed by atoms with Crippen LogP contribution >= 0.6 is 11.6 Å². The number of ether oxygens (including phenoxy) is 2. The molecule has 0 saturated heterocycles. The lowest BCUT2D eigenvalue weighted by Gasteiger charge is -2.26. The molecule has 1 heterocycles. The summed E-state index contributed by atoms with van der Waals surface area (Å²) in [5, 5.41) is 10.2. The Balaban J connectivity index is 2.08. The molecule has 0 aromatic heterocycles. The number of benzene rings is 2. The van der Waals surface area contributed by atoms with E-state index in [1.807, 2.05) is 19.1 Å². The van der Waals surface area contributed by atoms with Crippen molar-refractivity contribution in [1.82, 2.24) is 0 Å². The predicted molar refractivity (Wildman–Crippen MR) is 87.4 cm³/mol. The minimum absolute atomic E-state index is 0.0609. The van der Waals surface area contributed by atoms with Crippen LogP contribution in [0.5, 0.6) is 17.2 Å². The van der Waals surface area contributed by atoms with Gasteiger partial charge in [-0.1, -0.05) is 24.6 Å². The molecule has 1 aliphatic heterocycles. The lowest BCUT2D eigenvalue weighted by atomic mass is 9.86. The SMILES string of the molecule is CCCOc1ccc(Cl)cc1C1CC(=O)Oc2cc(O)ccc21. The van der Waals surface area contributed by atoms with Gasteiger partial charge in [0.2, 0.25) is 0 Å². The second kappa shape index (κ2) is 6.50. The number of esters is 1. The van der Waals surface area contributed by atoms with Gasteiger partial charge >= 0.3 is 5.97 Å². The first-order valence-corrected chi connectivity index (χ1v) is 7.92. The van der Waals surface area contributed by atoms with E-state index in [1.165, 1.54) is 6.07 Å². The molecule has 0 bridgehead atoms. The van der Waals surface area contributed by atoms with E-state index in [2.05, 4.69) is 0 Å². The highest BCUT2D eigenvalue weighted by atomic mass is 35.5. The summed E-state index contributed by atoms with van der Waals surface area (Å²) in [7, 11) is 0. The van der Waals surface area contributed by atoms with Crippen molar-refractivity contribution in [1.29, 1.82) is 0 Å². The predicted octanol–water partition coefficient (Wildman–Crippen LogP) is 4.28. The normalized spacial score (nSPS) is 16.6. The molecule has 2 aromatic rings. The molecule has 0 spiro atoms. The standard InChI is InChI=1S/C18H17ClO4/c1-2-7-22-16-6-3-11(19)8-15(16)14-10-18(21)23-17-9-12(20)4-5-13(14)17/h3-6,8-9,14,20H,2,7,10H2,1H3. The lowest BCUT2D eigenvalue weighted by Crippen LogP contribution is -2.21. The lowest BCUT2D eigenvalue weighted by molar-refractivity contribution is -0.135. The van der Waals surface area contributed by atoms with Crippen LogP contribution in [0.1, 0.15) is 36.8 Å². The summed E-state index contributed by atoms with van der Waals surface area (Å²) >= 11 is 6.15. The summed E-state index contributed by atoms with van der Waals surface area (Å²) in [6.07, 6.45) is 1.10. The van der Waals surface area contributed by atoms with E-state index in [1.54, 1.807) is 18.2 Å². The maximum absolute atomic E-state index is 12.0. The summed E-state index contributed by atoms with van der Waals surface area (Å²) in [6, 6.07) is 10.2. The van der Waals surface area contributed by atoms with E-state index in [0.29, 0.717) is 17.4 Å². The Hall–Kier alpha value is -2.20. The van der Waals surface area contributed by atoms with Crippen LogP contribution in [0.3, 0.4) is 0 Å². The smallest absolute Gasteiger partial charge is 0.312 e. The van der Waals surface area contributed by atoms with Crippen molar-refractivity contribution in [2.75, 3.05) is 6.61 Å². The van der Waals surface area contributed by atoms with Crippen LogP contribution in [0.15, 0.2) is 36.4 Å². The maximum Gasteiger partial charge on any atom is 0.312 e. The zero-order valence-corrected chi connectivity index (χ0v) is 13.5. The molecule has 0 saturated carbocycles. The molecule has 0 amide bonds. The minimum atomic E-state index is -0.338. The average molecular weight is 333 g/mol. The molecule has 1 aliphatic rings. The Morgan fingerprint density at radius 3 is 2.87 bits per heavy atom. The van der Waals surface area contributed by atoms with Crippen molar-refractivity contribution in [3.63, 3.8) is 0 Å². The molecule has 23 heavy (non-hydrogen) atoms. The number of halogens is 1. The Bertz CT molecular complexity index is 742. The zero-order valence-electron chi connectivity index (χ0n) is 12.7. The fourth-order valence-corrected chi connectivity index (χ4v) is 2.93. The van der Waals surface area contributed by atoms with Crippen LogP contribution in [-0.4, -0.2) is 17.7 Å². The van der Waals surface area contributed by atoms with Gasteiger partial charge in [0.05, 0.1) is 13.0 Å². The van der Waals surface area contributed by atoms with Crippen molar-refractivity contribution in [3.8, 4) is 17.2 Å². The first-order chi connectivity index (χ1) is 11.1. The van der Waals surface area contributed by atoms with Crippen molar-refractivity contribution in [2.45, 2.75) is 25.7 Å². The van der Waals surface area contributed by atoms with Gasteiger partial charge in [-0.15, -0.1) is 0 Å². The number of carbonyl (C=O) groups excluding carboxylic acids is 1. The Morgan fingerprint density at radius 1 is 1.26 bits per heavy atom. The van der Waals surface area contributed by atoms with Gasteiger partial charge in [0.1, 0.15) is 17.2 Å². The number of carbonyl (C=O) groups is 1. The van der Waals surface area contributed by atoms with Crippen LogP contribution in [0.2, 0.25) is 5.02 Å². The number of hydrogen-bond donors (Lipinski definition) is 1. The number of phenols is 1. The minimum Gasteiger partial charge on any atom is -0.508 e. The monoisotopic (exact) mass is 332 g/mol. The van der Waals surface area contributed by atoms with E-state index < -0.39 is 0 Å². The molecule has 3 rings (SSSR count). The molecule has 1 atom stereocenters. The van der Waals surface area contributed by atoms with Crippen LogP contribution in [-0.2, 0) is 4.79 Å². The molecule has 2 aromatic carbocycles. The van der Waals surface area contributed by atoms with Crippen LogP contribution in [0.25, 0.3) is 0 Å². The molecule has 1 N–H and O–H groups in total. The van der Waals surface area contributed by atoms with Gasteiger partial charge < -0.3 is 14.6 Å². The highest BCUT2D eigenvalue weighted by molar-refractivity contribution is 6.30. The van der Waals surface area contributed by atoms with Gasteiger partial charge in [-0.05, 0) is 30.7 Å². The van der Waals surface area contributed by atoms with Crippen LogP contribution in [0, 0.1) is 0 Å². The fourth-order valence-electron chi connectivity index (χ4n) is 2.75. The number of phenolic OH excluding ortho intramolecular Hbond substituents is 1. The summed E-state index contributed by atoms with van der Waals surface area (Å²) in [6.45, 7) is 2.62. The van der Waals surface area contributed by atoms with Gasteiger partial charge in [0.15, 0.2) is 0 Å². The third-order valence-electron chi connectivity index (χ3n) is 3.78. The first kappa shape index (κ1) is 15.7. The number of rotatable bonds is 4. The first-order valence-electron chi connectivity index (χ1n) is 7.54. The Labute approximate surface area is 139 Å². The third-order valence-corrected chi connectivity index (χ3v) is 4.01. The quantitative estimate of drug-likeness (QED) is 0.671. The molecule has 1 unspecified atom stereocenters. The molecule has 0 radical (unpaired) electrons. The second-order valence-corrected chi connectivity index (χ2v) is 5.92. The summed E-state index contributed by atoms with van der Waals surface area (Å²) in [4.78, 5) is 12.0. The van der Waals surface area contributed by atoms with Crippen molar-refractivity contribution in [2.24, 2.45) is 0 Å². The molecular formula is C18H17ClO4. The van der Waals surface area contributed by atoms with Gasteiger partial charge in [-0.25, -0.2) is 0 Å². The van der Waals surface area contributed by atoms with Gasteiger partial charge in [-0.3, -0.25) is 4.79 Å². The van der Waals surface area contributed by atoms with Crippen LogP contribution < -0.4 is 9.47 Å². The second-order valence-electron chi connectivity index (χ2n) is 5.48. The van der Waals surface area contributed by atoms with E-state index in [4.69, 9.17) is 21.1 Å². The molecule has 0 aliphatic carbocycles. The topological polar surface area (TPSA) is 55.8 Å². The molecule has 120 valence electrons. The number of aromatic hydroxyl groups is 1. The zero-order chi connectivity index (χ0) is 16.4. The van der Waals surface area contributed by atoms with Crippen molar-refractivity contribution in [3.05, 3.63) is 52.5 Å². The molecule has 5 heteroatoms. The Morgan fingerprint density at radius 2 is 2.09 bits per heavy atom. The average Bonchev–Trinajstić information content (AvgIpc) is 2.52. The summed E-state index contributed by atoms with van der Waals surface area (Å²) < 4.78 is 11.1. The van der Waals surface area contributed by atoms with Crippen molar-refractivity contribution < 1.29 is 19.4 Å². The number of fused-ring (bicyclic) bond motifs is 1. The number of hydrogen-bond acceptors (Lipinski definition) is 4. The van der Waals surface area contributed by atoms with E-state index in [0.717, 1.165) is 23.3 Å². The molecular weight excluding hydrogens is 316 g/mol. The third kappa shape index (κ3) is 3.27. The van der Waals surface area contributed by atoms with E-state index in [9.17, 15) is 9.90 Å². The summed E-state index contributed by atoms with van der Waals surface area (Å²) in [5.74, 6) is 0.611. The van der Waals surface area contributed by atoms with E-state index >= 15 is 0 Å². The highest BCUT2D eigenvalue weighted by Gasteiger charge is 2.30. The van der Waals surface area contributed by atoms with Crippen molar-refractivity contribution >= 4 is 17.6 Å². The van der Waals surface area contributed by atoms with Gasteiger partial charge in [0, 0.05) is 28.1 Å². The highest BCUT2D eigenvalue weighted by Crippen LogP contribution is 2.43. The summed E-state index contributed by atoms with van der Waals surface area (Å²) in [5.41, 5.74) is 1.69. The fraction of sp³-hybridized carbons (Fsp3) is 0.278. The largest absolute Gasteiger partial charge is 0.508 e. The maximum atomic E-state index is 12.0. The Kier molecular flexibility index (Phi) is 4.44. The van der Waals surface area contributed by atoms with Gasteiger partial charge in [-0.2, -0.15) is 0 Å².